The van der Waals surface area contributed by atoms with Gasteiger partial charge in [-0.15, -0.1) is 11.3 Å². The van der Waals surface area contributed by atoms with Crippen LogP contribution in [0.15, 0.2) is 29.6 Å². The van der Waals surface area contributed by atoms with E-state index in [-0.39, 0.29) is 0 Å². The summed E-state index contributed by atoms with van der Waals surface area (Å²) in [5, 5.41) is 3.32. The van der Waals surface area contributed by atoms with Crippen LogP contribution < -0.4 is 4.90 Å². The predicted molar refractivity (Wildman–Crippen MR) is 77.5 cm³/mol. The summed E-state index contributed by atoms with van der Waals surface area (Å²) in [7, 11) is 0. The van der Waals surface area contributed by atoms with E-state index in [1.165, 1.54) is 16.8 Å². The van der Waals surface area contributed by atoms with Crippen molar-refractivity contribution in [2.75, 3.05) is 26.3 Å². The highest BCUT2D eigenvalue weighted by atomic mass is 32.1. The number of hydrogen-bond acceptors (Lipinski definition) is 3. The van der Waals surface area contributed by atoms with E-state index in [4.69, 9.17) is 9.72 Å². The molecule has 1 aliphatic heterocycles. The molecular formula is C15H19N2OS+. The van der Waals surface area contributed by atoms with E-state index >= 15 is 0 Å². The van der Waals surface area contributed by atoms with Gasteiger partial charge in [-0.05, 0) is 6.92 Å². The summed E-state index contributed by atoms with van der Waals surface area (Å²) in [4.78, 5) is 6.34. The van der Waals surface area contributed by atoms with Crippen LogP contribution >= 0.6 is 11.3 Å². The summed E-state index contributed by atoms with van der Waals surface area (Å²) in [5.74, 6) is 0. The predicted octanol–water partition coefficient (Wildman–Crippen LogP) is 1.53. The Hall–Kier alpha value is -1.23. The minimum absolute atomic E-state index is 0.879. The summed E-state index contributed by atoms with van der Waals surface area (Å²) in [6, 6.07) is 8.59. The summed E-state index contributed by atoms with van der Waals surface area (Å²) < 4.78 is 5.38. The lowest BCUT2D eigenvalue weighted by Crippen LogP contribution is -3.12. The molecule has 0 saturated carbocycles. The van der Waals surface area contributed by atoms with Gasteiger partial charge in [-0.1, -0.05) is 29.8 Å². The topological polar surface area (TPSA) is 26.6 Å². The van der Waals surface area contributed by atoms with Crippen LogP contribution in [0.1, 0.15) is 11.3 Å². The van der Waals surface area contributed by atoms with Crippen molar-refractivity contribution in [3.8, 4) is 10.6 Å². The van der Waals surface area contributed by atoms with Gasteiger partial charge in [0.05, 0.1) is 13.2 Å². The summed E-state index contributed by atoms with van der Waals surface area (Å²) >= 11 is 1.74. The SMILES string of the molecule is Cc1ccc(-c2nc(C[NH+]3CCOCC3)cs2)cc1. The van der Waals surface area contributed by atoms with E-state index in [0.29, 0.717) is 0 Å². The van der Waals surface area contributed by atoms with Crippen molar-refractivity contribution in [2.24, 2.45) is 0 Å². The average Bonchev–Trinajstić information content (AvgIpc) is 2.89. The van der Waals surface area contributed by atoms with Gasteiger partial charge in [0, 0.05) is 10.9 Å². The summed E-state index contributed by atoms with van der Waals surface area (Å²) in [5.41, 5.74) is 3.72. The van der Waals surface area contributed by atoms with Crippen LogP contribution in [0.2, 0.25) is 0 Å². The third-order valence-electron chi connectivity index (χ3n) is 3.48. The number of rotatable bonds is 3. The van der Waals surface area contributed by atoms with Gasteiger partial charge in [0.25, 0.3) is 0 Å². The lowest BCUT2D eigenvalue weighted by atomic mass is 10.2. The Bertz CT molecular complexity index is 529. The van der Waals surface area contributed by atoms with E-state index in [9.17, 15) is 0 Å². The third-order valence-corrected chi connectivity index (χ3v) is 4.42. The zero-order valence-electron chi connectivity index (χ0n) is 11.2. The van der Waals surface area contributed by atoms with Crippen molar-refractivity contribution < 1.29 is 9.64 Å². The molecule has 1 aliphatic rings. The average molecular weight is 275 g/mol. The Morgan fingerprint density at radius 3 is 2.68 bits per heavy atom. The fraction of sp³-hybridized carbons (Fsp3) is 0.400. The molecule has 100 valence electrons. The van der Waals surface area contributed by atoms with Crippen molar-refractivity contribution in [1.29, 1.82) is 0 Å². The second kappa shape index (κ2) is 5.82. The molecule has 0 radical (unpaired) electrons. The number of hydrogen-bond donors (Lipinski definition) is 1. The molecule has 1 N–H and O–H groups in total. The van der Waals surface area contributed by atoms with Crippen LogP contribution in [0, 0.1) is 6.92 Å². The van der Waals surface area contributed by atoms with Crippen LogP contribution in [-0.4, -0.2) is 31.3 Å². The molecule has 0 amide bonds. The number of nitrogens with zero attached hydrogens (tertiary/aromatic N) is 1. The molecule has 3 nitrogen and oxygen atoms in total. The number of ether oxygens (including phenoxy) is 1. The van der Waals surface area contributed by atoms with E-state index in [0.717, 1.165) is 37.9 Å². The summed E-state index contributed by atoms with van der Waals surface area (Å²) in [6.45, 7) is 7.08. The number of aromatic nitrogens is 1. The van der Waals surface area contributed by atoms with E-state index < -0.39 is 0 Å². The normalized spacial score (nSPS) is 16.7. The van der Waals surface area contributed by atoms with Crippen molar-refractivity contribution in [3.05, 3.63) is 40.9 Å². The van der Waals surface area contributed by atoms with Crippen LogP contribution in [0.3, 0.4) is 0 Å². The first kappa shape index (κ1) is 12.8. The lowest BCUT2D eigenvalue weighted by Gasteiger charge is -2.22. The number of thiazole rings is 1. The molecule has 0 aliphatic carbocycles. The third kappa shape index (κ3) is 3.21. The Morgan fingerprint density at radius 1 is 1.21 bits per heavy atom. The first-order valence-corrected chi connectivity index (χ1v) is 7.62. The fourth-order valence-corrected chi connectivity index (χ4v) is 3.14. The molecule has 2 aromatic rings. The molecule has 2 heterocycles. The van der Waals surface area contributed by atoms with E-state index in [1.54, 1.807) is 16.2 Å². The van der Waals surface area contributed by atoms with Gasteiger partial charge in [0.2, 0.25) is 0 Å². The number of benzene rings is 1. The van der Waals surface area contributed by atoms with Gasteiger partial charge in [0.15, 0.2) is 0 Å². The molecule has 4 heteroatoms. The first-order valence-electron chi connectivity index (χ1n) is 6.74. The number of quaternary nitrogens is 1. The second-order valence-corrected chi connectivity index (χ2v) is 5.91. The van der Waals surface area contributed by atoms with Gasteiger partial charge < -0.3 is 9.64 Å². The fourth-order valence-electron chi connectivity index (χ4n) is 2.31. The van der Waals surface area contributed by atoms with Gasteiger partial charge in [-0.2, -0.15) is 0 Å². The van der Waals surface area contributed by atoms with Crippen molar-refractivity contribution >= 4 is 11.3 Å². The molecular weight excluding hydrogens is 256 g/mol. The van der Waals surface area contributed by atoms with Crippen molar-refractivity contribution in [1.82, 2.24) is 4.98 Å². The van der Waals surface area contributed by atoms with Crippen LogP contribution in [0.25, 0.3) is 10.6 Å². The van der Waals surface area contributed by atoms with Gasteiger partial charge in [-0.3, -0.25) is 0 Å². The molecule has 0 bridgehead atoms. The monoisotopic (exact) mass is 275 g/mol. The van der Waals surface area contributed by atoms with Gasteiger partial charge in [0.1, 0.15) is 30.3 Å². The number of morpholine rings is 1. The highest BCUT2D eigenvalue weighted by Crippen LogP contribution is 2.23. The summed E-state index contributed by atoms with van der Waals surface area (Å²) in [6.07, 6.45) is 0. The van der Waals surface area contributed by atoms with Gasteiger partial charge in [-0.25, -0.2) is 4.98 Å². The Kier molecular flexibility index (Phi) is 3.92. The van der Waals surface area contributed by atoms with Crippen molar-refractivity contribution in [3.63, 3.8) is 0 Å². The quantitative estimate of drug-likeness (QED) is 0.919. The molecule has 19 heavy (non-hydrogen) atoms. The van der Waals surface area contributed by atoms with Crippen LogP contribution in [-0.2, 0) is 11.3 Å². The Labute approximate surface area is 117 Å². The molecule has 1 saturated heterocycles. The molecule has 1 aromatic carbocycles. The lowest BCUT2D eigenvalue weighted by molar-refractivity contribution is -0.921. The molecule has 0 spiro atoms. The van der Waals surface area contributed by atoms with E-state index in [1.807, 2.05) is 0 Å². The molecule has 1 aromatic heterocycles. The highest BCUT2D eigenvalue weighted by molar-refractivity contribution is 7.13. The maximum absolute atomic E-state index is 5.38. The standard InChI is InChI=1S/C15H18N2OS/c1-12-2-4-13(5-3-12)15-16-14(11-19-15)10-17-6-8-18-9-7-17/h2-5,11H,6-10H2,1H3/p+1. The number of aryl methyl sites for hydroxylation is 1. The highest BCUT2D eigenvalue weighted by Gasteiger charge is 2.16. The molecule has 1 fully saturated rings. The largest absolute Gasteiger partial charge is 0.370 e. The first-order chi connectivity index (χ1) is 9.31. The van der Waals surface area contributed by atoms with Crippen LogP contribution in [0.4, 0.5) is 0 Å². The zero-order chi connectivity index (χ0) is 13.1. The minimum Gasteiger partial charge on any atom is -0.370 e. The minimum atomic E-state index is 0.879. The Balaban J connectivity index is 1.70. The smallest absolute Gasteiger partial charge is 0.123 e. The molecule has 0 unspecified atom stereocenters. The second-order valence-electron chi connectivity index (χ2n) is 5.05. The van der Waals surface area contributed by atoms with Crippen LogP contribution in [0.5, 0.6) is 0 Å². The number of nitrogens with one attached hydrogen (secondary N) is 1. The maximum atomic E-state index is 5.38. The molecule has 3 rings (SSSR count). The Morgan fingerprint density at radius 2 is 1.95 bits per heavy atom. The van der Waals surface area contributed by atoms with Crippen molar-refractivity contribution in [2.45, 2.75) is 13.5 Å². The van der Waals surface area contributed by atoms with Gasteiger partial charge >= 0.3 is 0 Å². The molecule has 0 atom stereocenters. The maximum Gasteiger partial charge on any atom is 0.123 e. The zero-order valence-corrected chi connectivity index (χ0v) is 12.0. The van der Waals surface area contributed by atoms with E-state index in [2.05, 4.69) is 36.6 Å².